The van der Waals surface area contributed by atoms with Crippen LogP contribution in [0.3, 0.4) is 0 Å². The second kappa shape index (κ2) is 11.2. The number of nitrogens with one attached hydrogen (secondary N) is 1. The van der Waals surface area contributed by atoms with Crippen molar-refractivity contribution >= 4 is 40.9 Å². The van der Waals surface area contributed by atoms with Gasteiger partial charge in [-0.1, -0.05) is 71.4 Å². The zero-order valence-corrected chi connectivity index (χ0v) is 19.3. The van der Waals surface area contributed by atoms with Crippen LogP contribution < -0.4 is 10.1 Å². The number of carbonyl (C=O) groups excluding carboxylic acids is 1. The predicted octanol–water partition coefficient (Wildman–Crippen LogP) is 5.32. The molecule has 0 radical (unpaired) electrons. The molecule has 0 fully saturated rings. The minimum Gasteiger partial charge on any atom is -0.481 e. The summed E-state index contributed by atoms with van der Waals surface area (Å²) >= 11 is 13.5. The Morgan fingerprint density at radius 3 is 2.77 bits per heavy atom. The van der Waals surface area contributed by atoms with E-state index < -0.39 is 6.10 Å². The van der Waals surface area contributed by atoms with Gasteiger partial charge in [-0.3, -0.25) is 9.36 Å². The lowest BCUT2D eigenvalue weighted by atomic mass is 10.2. The molecule has 1 unspecified atom stereocenters. The van der Waals surface area contributed by atoms with Gasteiger partial charge >= 0.3 is 0 Å². The highest BCUT2D eigenvalue weighted by molar-refractivity contribution is 7.99. The van der Waals surface area contributed by atoms with Crippen molar-refractivity contribution in [3.8, 4) is 5.75 Å². The van der Waals surface area contributed by atoms with Crippen molar-refractivity contribution in [2.75, 3.05) is 5.75 Å². The first-order chi connectivity index (χ1) is 15.0. The van der Waals surface area contributed by atoms with E-state index in [9.17, 15) is 4.79 Å². The summed E-state index contributed by atoms with van der Waals surface area (Å²) in [6.07, 6.45) is 1.30. The Bertz CT molecular complexity index is 1040. The van der Waals surface area contributed by atoms with Crippen LogP contribution in [-0.4, -0.2) is 26.4 Å². The fourth-order valence-corrected chi connectivity index (χ4v) is 3.91. The molecule has 1 N–H and O–H groups in total. The summed E-state index contributed by atoms with van der Waals surface area (Å²) in [6.45, 7) is 6.61. The number of rotatable bonds is 10. The number of aromatic nitrogens is 3. The first kappa shape index (κ1) is 23.2. The fraction of sp³-hybridized carbons (Fsp3) is 0.227. The number of benzene rings is 2. The van der Waals surface area contributed by atoms with Crippen molar-refractivity contribution in [3.05, 3.63) is 82.6 Å². The number of halogens is 2. The molecule has 0 saturated heterocycles. The maximum absolute atomic E-state index is 12.2. The molecule has 1 aromatic heterocycles. The fourth-order valence-electron chi connectivity index (χ4n) is 2.80. The molecule has 0 aliphatic carbocycles. The van der Waals surface area contributed by atoms with E-state index in [1.165, 1.54) is 11.8 Å². The minimum atomic E-state index is -0.440. The zero-order chi connectivity index (χ0) is 22.2. The second-order valence-corrected chi connectivity index (χ2v) is 8.41. The Morgan fingerprint density at radius 2 is 2.03 bits per heavy atom. The van der Waals surface area contributed by atoms with Gasteiger partial charge < -0.3 is 10.1 Å². The van der Waals surface area contributed by atoms with Crippen LogP contribution in [0.2, 0.25) is 10.0 Å². The second-order valence-electron chi connectivity index (χ2n) is 6.63. The first-order valence-electron chi connectivity index (χ1n) is 9.57. The summed E-state index contributed by atoms with van der Waals surface area (Å²) in [4.78, 5) is 12.2. The topological polar surface area (TPSA) is 69.0 Å². The quantitative estimate of drug-likeness (QED) is 0.316. The number of nitrogens with zero attached hydrogens (tertiary/aromatic N) is 3. The molecule has 162 valence electrons. The molecule has 6 nitrogen and oxygen atoms in total. The van der Waals surface area contributed by atoms with Crippen LogP contribution in [0, 0.1) is 0 Å². The number of amides is 1. The minimum absolute atomic E-state index is 0.0847. The maximum atomic E-state index is 12.2. The third-order valence-corrected chi connectivity index (χ3v) is 5.80. The molecule has 3 rings (SSSR count). The third-order valence-electron chi connectivity index (χ3n) is 4.28. The van der Waals surface area contributed by atoms with Crippen LogP contribution in [0.25, 0.3) is 0 Å². The average Bonchev–Trinajstić information content (AvgIpc) is 3.17. The van der Waals surface area contributed by atoms with Crippen LogP contribution in [0.15, 0.2) is 66.3 Å². The van der Waals surface area contributed by atoms with E-state index in [1.54, 1.807) is 24.3 Å². The number of carbonyl (C=O) groups is 1. The summed E-state index contributed by atoms with van der Waals surface area (Å²) < 4.78 is 7.83. The highest BCUT2D eigenvalue weighted by atomic mass is 35.5. The molecule has 9 heteroatoms. The molecule has 2 aromatic carbocycles. The van der Waals surface area contributed by atoms with Gasteiger partial charge in [0.25, 0.3) is 0 Å². The Balaban J connectivity index is 1.64. The molecular formula is C22H22Cl2N4O2S. The van der Waals surface area contributed by atoms with Gasteiger partial charge in [0.1, 0.15) is 5.75 Å². The van der Waals surface area contributed by atoms with Gasteiger partial charge in [0, 0.05) is 24.2 Å². The Kier molecular flexibility index (Phi) is 8.40. The Morgan fingerprint density at radius 1 is 1.26 bits per heavy atom. The van der Waals surface area contributed by atoms with Crippen LogP contribution in [0.1, 0.15) is 24.4 Å². The number of ether oxygens (including phenoxy) is 1. The summed E-state index contributed by atoms with van der Waals surface area (Å²) in [7, 11) is 0. The van der Waals surface area contributed by atoms with Gasteiger partial charge in [-0.15, -0.1) is 16.8 Å². The lowest BCUT2D eigenvalue weighted by Gasteiger charge is -2.16. The predicted molar refractivity (Wildman–Crippen MR) is 125 cm³/mol. The van der Waals surface area contributed by atoms with E-state index in [0.29, 0.717) is 39.9 Å². The van der Waals surface area contributed by atoms with Gasteiger partial charge in [-0.25, -0.2) is 0 Å². The molecule has 1 heterocycles. The van der Waals surface area contributed by atoms with Crippen LogP contribution in [-0.2, 0) is 17.9 Å². The molecule has 1 amide bonds. The van der Waals surface area contributed by atoms with Gasteiger partial charge in [-0.05, 0) is 24.6 Å². The molecule has 0 aliphatic heterocycles. The summed E-state index contributed by atoms with van der Waals surface area (Å²) in [6, 6.07) is 14.8. The zero-order valence-electron chi connectivity index (χ0n) is 16.9. The number of thioether (sulfide) groups is 1. The highest BCUT2D eigenvalue weighted by Crippen LogP contribution is 2.32. The lowest BCUT2D eigenvalue weighted by Crippen LogP contribution is -2.24. The normalized spacial score (nSPS) is 11.7. The molecule has 3 aromatic rings. The van der Waals surface area contributed by atoms with E-state index in [-0.39, 0.29) is 11.7 Å². The molecule has 31 heavy (non-hydrogen) atoms. The molecule has 0 spiro atoms. The molecule has 0 saturated carbocycles. The molecule has 1 atom stereocenters. The van der Waals surface area contributed by atoms with Gasteiger partial charge in [0.05, 0.1) is 10.8 Å². The number of allylic oxidation sites excluding steroid dienone is 1. The summed E-state index contributed by atoms with van der Waals surface area (Å²) in [5.74, 6) is 1.20. The Labute approximate surface area is 195 Å². The third kappa shape index (κ3) is 6.50. The van der Waals surface area contributed by atoms with Gasteiger partial charge in [0.15, 0.2) is 17.1 Å². The standard InChI is InChI=1S/C22H22Cl2N4O2S/c1-3-11-28-21(15(2)30-19-12-17(23)9-10-18(19)24)26-27-22(28)31-14-20(29)25-13-16-7-5-4-6-8-16/h3-10,12,15H,1,11,13-14H2,2H3,(H,25,29). The summed E-state index contributed by atoms with van der Waals surface area (Å²) in [5, 5.41) is 13.0. The van der Waals surface area contributed by atoms with Gasteiger partial charge in [0.2, 0.25) is 5.91 Å². The van der Waals surface area contributed by atoms with Crippen LogP contribution >= 0.6 is 35.0 Å². The van der Waals surface area contributed by atoms with Crippen molar-refractivity contribution < 1.29 is 9.53 Å². The lowest BCUT2D eigenvalue weighted by molar-refractivity contribution is -0.118. The molecule has 0 aliphatic rings. The van der Waals surface area contributed by atoms with Crippen molar-refractivity contribution in [1.29, 1.82) is 0 Å². The summed E-state index contributed by atoms with van der Waals surface area (Å²) in [5.41, 5.74) is 1.05. The van der Waals surface area contributed by atoms with Crippen molar-refractivity contribution in [3.63, 3.8) is 0 Å². The van der Waals surface area contributed by atoms with E-state index >= 15 is 0 Å². The SMILES string of the molecule is C=CCn1c(SCC(=O)NCc2ccccc2)nnc1C(C)Oc1cc(Cl)ccc1Cl. The molecular weight excluding hydrogens is 455 g/mol. The highest BCUT2D eigenvalue weighted by Gasteiger charge is 2.20. The monoisotopic (exact) mass is 476 g/mol. The van der Waals surface area contributed by atoms with Crippen molar-refractivity contribution in [1.82, 2.24) is 20.1 Å². The van der Waals surface area contributed by atoms with Crippen LogP contribution in [0.5, 0.6) is 5.75 Å². The van der Waals surface area contributed by atoms with E-state index in [0.717, 1.165) is 5.56 Å². The first-order valence-corrected chi connectivity index (χ1v) is 11.3. The van der Waals surface area contributed by atoms with Crippen molar-refractivity contribution in [2.45, 2.75) is 31.3 Å². The van der Waals surface area contributed by atoms with Crippen molar-refractivity contribution in [2.24, 2.45) is 0 Å². The average molecular weight is 477 g/mol. The maximum Gasteiger partial charge on any atom is 0.230 e. The number of hydrogen-bond donors (Lipinski definition) is 1. The van der Waals surface area contributed by atoms with E-state index in [2.05, 4.69) is 22.1 Å². The number of hydrogen-bond acceptors (Lipinski definition) is 5. The van der Waals surface area contributed by atoms with Crippen LogP contribution in [0.4, 0.5) is 0 Å². The van der Waals surface area contributed by atoms with Gasteiger partial charge in [-0.2, -0.15) is 0 Å². The van der Waals surface area contributed by atoms with E-state index in [1.807, 2.05) is 41.8 Å². The molecule has 0 bridgehead atoms. The van der Waals surface area contributed by atoms with E-state index in [4.69, 9.17) is 27.9 Å². The largest absolute Gasteiger partial charge is 0.481 e. The Hall–Kier alpha value is -2.48. The smallest absolute Gasteiger partial charge is 0.230 e.